The average molecular weight is 754 g/mol. The van der Waals surface area contributed by atoms with Crippen molar-refractivity contribution < 1.29 is 4.42 Å². The zero-order valence-corrected chi connectivity index (χ0v) is 32.0. The number of para-hydroxylation sites is 1. The van der Waals surface area contributed by atoms with Crippen LogP contribution in [0.4, 0.5) is 0 Å². The van der Waals surface area contributed by atoms with Crippen molar-refractivity contribution in [3.05, 3.63) is 212 Å². The molecular formula is C55H35N3O. The van der Waals surface area contributed by atoms with E-state index >= 15 is 0 Å². The first-order valence-corrected chi connectivity index (χ1v) is 19.8. The Bertz CT molecular complexity index is 3170. The van der Waals surface area contributed by atoms with Gasteiger partial charge in [-0.3, -0.25) is 0 Å². The number of nitrogens with zero attached hydrogens (tertiary/aromatic N) is 3. The molecule has 0 unspecified atom stereocenters. The predicted octanol–water partition coefficient (Wildman–Crippen LogP) is 14.6. The van der Waals surface area contributed by atoms with Crippen LogP contribution < -0.4 is 0 Å². The third-order valence-corrected chi connectivity index (χ3v) is 11.1. The summed E-state index contributed by atoms with van der Waals surface area (Å²) in [5, 5.41) is 3.05. The summed E-state index contributed by atoms with van der Waals surface area (Å²) in [5.41, 5.74) is 16.1. The van der Waals surface area contributed by atoms with Crippen LogP contribution in [-0.2, 0) is 0 Å². The van der Waals surface area contributed by atoms with Gasteiger partial charge in [0.2, 0.25) is 0 Å². The molecule has 8 aromatic carbocycles. The van der Waals surface area contributed by atoms with Gasteiger partial charge in [-0.1, -0.05) is 188 Å². The molecule has 59 heavy (non-hydrogen) atoms. The van der Waals surface area contributed by atoms with Crippen molar-refractivity contribution in [1.82, 2.24) is 15.0 Å². The molecule has 0 aliphatic heterocycles. The summed E-state index contributed by atoms with van der Waals surface area (Å²) in [7, 11) is 0. The molecule has 276 valence electrons. The molecule has 11 rings (SSSR count). The molecule has 0 N–H and O–H groups in total. The van der Waals surface area contributed by atoms with Crippen molar-refractivity contribution in [3.8, 4) is 78.5 Å². The fourth-order valence-corrected chi connectivity index (χ4v) is 8.06. The van der Waals surface area contributed by atoms with E-state index in [1.54, 1.807) is 0 Å². The lowest BCUT2D eigenvalue weighted by molar-refractivity contribution is 0.672. The fourth-order valence-electron chi connectivity index (χ4n) is 8.06. The summed E-state index contributed by atoms with van der Waals surface area (Å²) in [4.78, 5) is 15.6. The summed E-state index contributed by atoms with van der Waals surface area (Å²) in [6, 6.07) is 73.8. The van der Waals surface area contributed by atoms with E-state index < -0.39 is 0 Å². The summed E-state index contributed by atoms with van der Waals surface area (Å²) in [6.45, 7) is 0. The van der Waals surface area contributed by atoms with Gasteiger partial charge in [0.05, 0.1) is 28.0 Å². The van der Waals surface area contributed by atoms with Crippen LogP contribution >= 0.6 is 0 Å². The maximum Gasteiger partial charge on any atom is 0.160 e. The first kappa shape index (κ1) is 34.3. The standard InChI is InChI=1S/C55H35N3O/c1-4-12-36(13-5-1)39-20-24-41(25-21-39)49-35-50(58-55(57-49)44-30-22-40(23-31-44)37-14-6-2-7-15-37)42-26-28-43(29-27-42)53-52-46-18-10-11-19-51(46)59-54(52)47-34-45(32-33-48(47)56-53)38-16-8-3-9-17-38/h1-35H. The van der Waals surface area contributed by atoms with Crippen LogP contribution in [0.1, 0.15) is 0 Å². The molecule has 3 heterocycles. The predicted molar refractivity (Wildman–Crippen MR) is 243 cm³/mol. The molecule has 4 heteroatoms. The highest BCUT2D eigenvalue weighted by molar-refractivity contribution is 6.19. The molecule has 0 saturated heterocycles. The first-order chi connectivity index (χ1) is 29.2. The molecule has 0 spiro atoms. The van der Waals surface area contributed by atoms with Crippen molar-refractivity contribution in [3.63, 3.8) is 0 Å². The normalized spacial score (nSPS) is 11.4. The maximum atomic E-state index is 6.63. The van der Waals surface area contributed by atoms with Crippen LogP contribution in [0.15, 0.2) is 217 Å². The van der Waals surface area contributed by atoms with Gasteiger partial charge in [0.1, 0.15) is 11.2 Å². The van der Waals surface area contributed by atoms with Crippen LogP contribution in [-0.4, -0.2) is 15.0 Å². The van der Waals surface area contributed by atoms with E-state index in [4.69, 9.17) is 19.4 Å². The monoisotopic (exact) mass is 753 g/mol. The van der Waals surface area contributed by atoms with Gasteiger partial charge in [-0.2, -0.15) is 0 Å². The van der Waals surface area contributed by atoms with Gasteiger partial charge in [0.15, 0.2) is 5.82 Å². The van der Waals surface area contributed by atoms with Crippen molar-refractivity contribution >= 4 is 32.8 Å². The quantitative estimate of drug-likeness (QED) is 0.163. The lowest BCUT2D eigenvalue weighted by atomic mass is 9.98. The highest BCUT2D eigenvalue weighted by Crippen LogP contribution is 2.41. The number of pyridine rings is 1. The van der Waals surface area contributed by atoms with Crippen molar-refractivity contribution in [1.29, 1.82) is 0 Å². The number of furan rings is 1. The molecule has 0 atom stereocenters. The lowest BCUT2D eigenvalue weighted by Gasteiger charge is -2.12. The Labute approximate surface area is 341 Å². The Morgan fingerprint density at radius 1 is 0.305 bits per heavy atom. The van der Waals surface area contributed by atoms with E-state index in [0.717, 1.165) is 94.4 Å². The Kier molecular flexibility index (Phi) is 8.45. The number of aromatic nitrogens is 3. The third-order valence-electron chi connectivity index (χ3n) is 11.1. The van der Waals surface area contributed by atoms with Crippen LogP contribution in [0.3, 0.4) is 0 Å². The molecule has 0 amide bonds. The molecule has 11 aromatic rings. The second-order valence-corrected chi connectivity index (χ2v) is 14.8. The SMILES string of the molecule is c1ccc(-c2ccc(-c3cc(-c4ccc(-c5nc6ccc(-c7ccccc7)cc6c6oc7ccccc7c56)cc4)nc(-c4ccc(-c5ccccc5)cc4)n3)cc2)cc1. The fraction of sp³-hybridized carbons (Fsp3) is 0. The van der Waals surface area contributed by atoms with Gasteiger partial charge < -0.3 is 4.42 Å². The number of rotatable bonds is 7. The lowest BCUT2D eigenvalue weighted by Crippen LogP contribution is -1.96. The number of benzene rings is 8. The molecule has 0 aliphatic rings. The van der Waals surface area contributed by atoms with Gasteiger partial charge in [-0.15, -0.1) is 0 Å². The minimum atomic E-state index is 0.672. The van der Waals surface area contributed by atoms with Gasteiger partial charge in [0, 0.05) is 33.0 Å². The summed E-state index contributed by atoms with van der Waals surface area (Å²) in [5.74, 6) is 0.672. The Balaban J connectivity index is 1.01. The van der Waals surface area contributed by atoms with E-state index in [1.807, 2.05) is 30.3 Å². The van der Waals surface area contributed by atoms with E-state index in [0.29, 0.717) is 5.82 Å². The zero-order valence-electron chi connectivity index (χ0n) is 32.0. The number of hydrogen-bond donors (Lipinski definition) is 0. The average Bonchev–Trinajstić information content (AvgIpc) is 3.72. The first-order valence-electron chi connectivity index (χ1n) is 19.8. The zero-order chi connectivity index (χ0) is 39.1. The molecule has 0 aliphatic carbocycles. The maximum absolute atomic E-state index is 6.63. The van der Waals surface area contributed by atoms with Crippen LogP contribution in [0, 0.1) is 0 Å². The molecule has 0 saturated carbocycles. The van der Waals surface area contributed by atoms with Gasteiger partial charge in [-0.25, -0.2) is 15.0 Å². The smallest absolute Gasteiger partial charge is 0.160 e. The van der Waals surface area contributed by atoms with Gasteiger partial charge in [-0.05, 0) is 57.6 Å². The molecular weight excluding hydrogens is 719 g/mol. The van der Waals surface area contributed by atoms with Crippen LogP contribution in [0.5, 0.6) is 0 Å². The van der Waals surface area contributed by atoms with Gasteiger partial charge in [0.25, 0.3) is 0 Å². The Hall–Kier alpha value is -7.95. The van der Waals surface area contributed by atoms with Crippen molar-refractivity contribution in [2.75, 3.05) is 0 Å². The number of hydrogen-bond acceptors (Lipinski definition) is 4. The highest BCUT2D eigenvalue weighted by Gasteiger charge is 2.19. The molecule has 0 fully saturated rings. The molecule has 0 bridgehead atoms. The largest absolute Gasteiger partial charge is 0.455 e. The van der Waals surface area contributed by atoms with Crippen molar-refractivity contribution in [2.45, 2.75) is 0 Å². The summed E-state index contributed by atoms with van der Waals surface area (Å²) < 4.78 is 6.63. The van der Waals surface area contributed by atoms with E-state index in [2.05, 4.69) is 182 Å². The van der Waals surface area contributed by atoms with Crippen LogP contribution in [0.25, 0.3) is 111 Å². The Morgan fingerprint density at radius 3 is 1.32 bits per heavy atom. The summed E-state index contributed by atoms with van der Waals surface area (Å²) >= 11 is 0. The molecule has 3 aromatic heterocycles. The topological polar surface area (TPSA) is 51.8 Å². The van der Waals surface area contributed by atoms with Crippen LogP contribution in [0.2, 0.25) is 0 Å². The molecule has 4 nitrogen and oxygen atoms in total. The molecule has 0 radical (unpaired) electrons. The van der Waals surface area contributed by atoms with Crippen molar-refractivity contribution in [2.24, 2.45) is 0 Å². The highest BCUT2D eigenvalue weighted by atomic mass is 16.3. The minimum Gasteiger partial charge on any atom is -0.455 e. The Morgan fingerprint density at radius 2 is 0.746 bits per heavy atom. The summed E-state index contributed by atoms with van der Waals surface area (Å²) in [6.07, 6.45) is 0. The van der Waals surface area contributed by atoms with E-state index in [9.17, 15) is 0 Å². The van der Waals surface area contributed by atoms with Gasteiger partial charge >= 0.3 is 0 Å². The second kappa shape index (κ2) is 14.5. The minimum absolute atomic E-state index is 0.672. The number of fused-ring (bicyclic) bond motifs is 5. The van der Waals surface area contributed by atoms with E-state index in [-0.39, 0.29) is 0 Å². The second-order valence-electron chi connectivity index (χ2n) is 14.8. The third kappa shape index (κ3) is 6.43. The van der Waals surface area contributed by atoms with E-state index in [1.165, 1.54) is 11.1 Å².